The fourth-order valence-electron chi connectivity index (χ4n) is 7.94. The van der Waals surface area contributed by atoms with Gasteiger partial charge in [0.05, 0.1) is 0 Å². The van der Waals surface area contributed by atoms with Crippen LogP contribution in [0.4, 0.5) is 0 Å². The van der Waals surface area contributed by atoms with Crippen molar-refractivity contribution in [3.8, 4) is 0 Å². The average Bonchev–Trinajstić information content (AvgIpc) is 3.10. The van der Waals surface area contributed by atoms with E-state index in [0.717, 1.165) is 0 Å². The molecule has 0 saturated heterocycles. The normalized spacial score (nSPS) is 12.3. The zero-order chi connectivity index (χ0) is 29.8. The summed E-state index contributed by atoms with van der Waals surface area (Å²) in [5.74, 6) is 0. The van der Waals surface area contributed by atoms with E-state index in [1.54, 1.807) is 0 Å². The van der Waals surface area contributed by atoms with Crippen LogP contribution in [0.25, 0.3) is 0 Å². The van der Waals surface area contributed by atoms with E-state index in [2.05, 4.69) is 202 Å². The van der Waals surface area contributed by atoms with Crippen molar-refractivity contribution in [1.82, 2.24) is 0 Å². The maximum Gasteiger partial charge on any atom is 0.114 e. The molecule has 0 spiro atoms. The highest BCUT2D eigenvalue weighted by atomic mass is 28.5. The van der Waals surface area contributed by atoms with E-state index in [1.165, 1.54) is 31.1 Å². The highest BCUT2D eigenvalue weighted by Crippen LogP contribution is 2.40. The third-order valence-corrected chi connectivity index (χ3v) is 33.0. The lowest BCUT2D eigenvalue weighted by molar-refractivity contribution is 1.42. The Kier molecular flexibility index (Phi) is 8.31. The van der Waals surface area contributed by atoms with Crippen LogP contribution in [0.5, 0.6) is 0 Å². The van der Waals surface area contributed by atoms with Gasteiger partial charge in [-0.1, -0.05) is 233 Å². The van der Waals surface area contributed by atoms with Gasteiger partial charge >= 0.3 is 0 Å². The van der Waals surface area contributed by atoms with Crippen molar-refractivity contribution in [3.05, 3.63) is 182 Å². The van der Waals surface area contributed by atoms with Crippen LogP contribution in [0.15, 0.2) is 182 Å². The first-order valence-corrected chi connectivity index (χ1v) is 23.1. The van der Waals surface area contributed by atoms with Crippen molar-refractivity contribution >= 4 is 55.3 Å². The van der Waals surface area contributed by atoms with Gasteiger partial charge in [0.15, 0.2) is 0 Å². The van der Waals surface area contributed by atoms with Crippen LogP contribution < -0.4 is 31.1 Å². The minimum absolute atomic E-state index is 0.437. The molecule has 0 N–H and O–H groups in total. The molecular weight excluding hydrogens is 565 g/mol. The number of hydrogen-bond donors (Lipinski definition) is 0. The first-order chi connectivity index (χ1) is 21.0. The van der Waals surface area contributed by atoms with Crippen molar-refractivity contribution in [2.75, 3.05) is 0 Å². The second kappa shape index (κ2) is 12.3. The highest BCUT2D eigenvalue weighted by molar-refractivity contribution is 7.32. The maximum atomic E-state index is 2.69. The topological polar surface area (TPSA) is 0 Å². The highest BCUT2D eigenvalue weighted by Gasteiger charge is 2.61. The van der Waals surface area contributed by atoms with Crippen LogP contribution in [-0.4, -0.2) is 24.2 Å². The van der Waals surface area contributed by atoms with Gasteiger partial charge in [-0.3, -0.25) is 0 Å². The zero-order valence-corrected chi connectivity index (χ0v) is 28.4. The molecule has 0 heterocycles. The van der Waals surface area contributed by atoms with Gasteiger partial charge in [0.2, 0.25) is 0 Å². The summed E-state index contributed by atoms with van der Waals surface area (Å²) in [6, 6.07) is 69.3. The van der Waals surface area contributed by atoms with Crippen molar-refractivity contribution < 1.29 is 0 Å². The van der Waals surface area contributed by atoms with Crippen molar-refractivity contribution in [3.63, 3.8) is 0 Å². The number of benzene rings is 6. The molecule has 0 atom stereocenters. The number of rotatable bonds is 9. The summed E-state index contributed by atoms with van der Waals surface area (Å²) < 4.78 is 0. The molecule has 0 fully saturated rings. The summed E-state index contributed by atoms with van der Waals surface area (Å²) in [7, 11) is -7.53. The Hall–Kier alpha value is -4.03. The summed E-state index contributed by atoms with van der Waals surface area (Å²) in [6.45, 7) is 8.07. The molecule has 6 aromatic rings. The smallest absolute Gasteiger partial charge is 0.0626 e. The van der Waals surface area contributed by atoms with Crippen molar-refractivity contribution in [2.45, 2.75) is 24.4 Å². The first kappa shape index (κ1) is 29.1. The van der Waals surface area contributed by atoms with Gasteiger partial charge in [-0.25, -0.2) is 0 Å². The molecule has 3 heteroatoms. The Balaban J connectivity index is 1.83. The second-order valence-corrected chi connectivity index (χ2v) is 26.4. The molecule has 0 bridgehead atoms. The summed E-state index contributed by atoms with van der Waals surface area (Å²) in [6.07, 6.45) is 0. The van der Waals surface area contributed by atoms with Gasteiger partial charge < -0.3 is 0 Å². The van der Waals surface area contributed by atoms with Crippen molar-refractivity contribution in [1.29, 1.82) is 0 Å². The minimum atomic E-state index is -2.51. The quantitative estimate of drug-likeness (QED) is 0.175. The van der Waals surface area contributed by atoms with Crippen LogP contribution in [-0.2, 0) is 0 Å². The molecule has 212 valence electrons. The van der Waals surface area contributed by atoms with E-state index in [1.807, 2.05) is 0 Å². The molecule has 0 aliphatic rings. The Morgan fingerprint density at radius 3 is 0.535 bits per heavy atom. The molecule has 0 radical (unpaired) electrons. The Morgan fingerprint density at radius 1 is 0.256 bits per heavy atom. The molecule has 0 aliphatic heterocycles. The Morgan fingerprint density at radius 2 is 0.395 bits per heavy atom. The van der Waals surface area contributed by atoms with Gasteiger partial charge in [0, 0.05) is 0 Å². The summed E-state index contributed by atoms with van der Waals surface area (Å²) >= 11 is 0. The van der Waals surface area contributed by atoms with Gasteiger partial charge in [0.25, 0.3) is 0 Å². The summed E-state index contributed by atoms with van der Waals surface area (Å²) in [5.41, 5.74) is 0. The second-order valence-electron chi connectivity index (χ2n) is 12.2. The lowest BCUT2D eigenvalue weighted by atomic mass is 10.4. The lowest BCUT2D eigenvalue weighted by Gasteiger charge is -2.55. The fraction of sp³-hybridized carbons (Fsp3) is 0.100. The predicted octanol–water partition coefficient (Wildman–Crippen LogP) is 6.11. The molecule has 0 aromatic heterocycles. The minimum Gasteiger partial charge on any atom is -0.0626 e. The van der Waals surface area contributed by atoms with E-state index < -0.39 is 24.2 Å². The third kappa shape index (κ3) is 5.12. The molecule has 0 nitrogen and oxygen atoms in total. The van der Waals surface area contributed by atoms with E-state index in [0.29, 0.717) is 4.79 Å². The van der Waals surface area contributed by atoms with Crippen LogP contribution in [0.3, 0.4) is 0 Å². The number of hydrogen-bond acceptors (Lipinski definition) is 0. The Bertz CT molecular complexity index is 1390. The SMILES string of the molecule is C[Si](c1ccccc1)(c1ccccc1)C([Si](C)(c1ccccc1)c1ccccc1)[Si](C)(c1ccccc1)c1ccccc1. The van der Waals surface area contributed by atoms with E-state index in [4.69, 9.17) is 0 Å². The standard InChI is InChI=1S/C40H40Si3/c1-41(34-22-10-4-11-23-34,35-24-12-5-13-25-35)40(42(2,36-26-14-6-15-27-36)37-28-16-7-17-29-37)43(3,38-30-18-8-19-31-38)39-32-20-9-21-33-39/h4-33,40H,1-3H3. The molecule has 6 aromatic carbocycles. The molecule has 6 rings (SSSR count). The van der Waals surface area contributed by atoms with Crippen LogP contribution in [0.1, 0.15) is 0 Å². The van der Waals surface area contributed by atoms with E-state index in [-0.39, 0.29) is 0 Å². The molecule has 0 unspecified atom stereocenters. The summed E-state index contributed by atoms with van der Waals surface area (Å²) in [5, 5.41) is 9.10. The van der Waals surface area contributed by atoms with Crippen LogP contribution in [0.2, 0.25) is 24.4 Å². The van der Waals surface area contributed by atoms with E-state index in [9.17, 15) is 0 Å². The molecule has 0 aliphatic carbocycles. The van der Waals surface area contributed by atoms with Gasteiger partial charge in [-0.15, -0.1) is 0 Å². The average molecular weight is 605 g/mol. The maximum absolute atomic E-state index is 2.69. The zero-order valence-electron chi connectivity index (χ0n) is 25.4. The lowest BCUT2D eigenvalue weighted by Crippen LogP contribution is -2.82. The molecule has 0 amide bonds. The molecule has 0 saturated carbocycles. The van der Waals surface area contributed by atoms with Gasteiger partial charge in [-0.2, -0.15) is 0 Å². The Labute approximate surface area is 260 Å². The van der Waals surface area contributed by atoms with Gasteiger partial charge in [0.1, 0.15) is 24.2 Å². The molecular formula is C40H40Si3. The van der Waals surface area contributed by atoms with E-state index >= 15 is 0 Å². The van der Waals surface area contributed by atoms with Crippen LogP contribution >= 0.6 is 0 Å². The fourth-order valence-corrected chi connectivity index (χ4v) is 36.1. The largest absolute Gasteiger partial charge is 0.114 e. The predicted molar refractivity (Wildman–Crippen MR) is 195 cm³/mol. The van der Waals surface area contributed by atoms with Crippen molar-refractivity contribution in [2.24, 2.45) is 0 Å². The van der Waals surface area contributed by atoms with Crippen LogP contribution in [0, 0.1) is 0 Å². The monoisotopic (exact) mass is 604 g/mol. The summed E-state index contributed by atoms with van der Waals surface area (Å²) in [4.78, 5) is 0.437. The third-order valence-electron chi connectivity index (χ3n) is 9.97. The first-order valence-electron chi connectivity index (χ1n) is 15.3. The van der Waals surface area contributed by atoms with Gasteiger partial charge in [-0.05, 0) is 4.79 Å². The molecule has 43 heavy (non-hydrogen) atoms.